The Morgan fingerprint density at radius 2 is 1.81 bits per heavy atom. The van der Waals surface area contributed by atoms with Crippen molar-refractivity contribution in [3.8, 4) is 11.5 Å². The summed E-state index contributed by atoms with van der Waals surface area (Å²) in [4.78, 5) is 58.0. The average Bonchev–Trinajstić information content (AvgIpc) is 3.77. The second-order valence-electron chi connectivity index (χ2n) is 20.9. The molecule has 7 N–H and O–H groups in total. The number of hydrogen-bond acceptors (Lipinski definition) is 14. The largest absolute Gasteiger partial charge is 0.493 e. The number of allylic oxidation sites excluding steroid dienone is 4. The fourth-order valence-corrected chi connectivity index (χ4v) is 13.7. The zero-order valence-electron chi connectivity index (χ0n) is 41.1. The lowest BCUT2D eigenvalue weighted by Crippen LogP contribution is -2.74. The first kappa shape index (κ1) is 50.5. The fraction of sp³-hybridized carbons (Fsp3) is 0.646. The number of likely N-dealkylation sites (tertiary alicyclic amines) is 1. The molecule has 68 heavy (non-hydrogen) atoms. The third-order valence-corrected chi connectivity index (χ3v) is 17.2. The average molecular weight is 968 g/mol. The molecule has 1 spiro atoms. The zero-order chi connectivity index (χ0) is 50.2. The minimum atomic E-state index is -4.39. The molecule has 3 heterocycles. The van der Waals surface area contributed by atoms with Crippen molar-refractivity contribution in [3.05, 3.63) is 56.9 Å². The number of fused-ring (bicyclic) bond motifs is 1. The highest BCUT2D eigenvalue weighted by Crippen LogP contribution is 2.65. The van der Waals surface area contributed by atoms with E-state index < -0.39 is 85.9 Å². The summed E-state index contributed by atoms with van der Waals surface area (Å²) in [5.74, 6) is -5.57. The summed E-state index contributed by atoms with van der Waals surface area (Å²) in [6, 6.07) is 3.67. The third kappa shape index (κ3) is 8.47. The number of ether oxygens (including phenoxy) is 5. The molecule has 2 bridgehead atoms. The van der Waals surface area contributed by atoms with E-state index in [1.807, 2.05) is 46.9 Å². The number of piperidine rings is 1. The minimum absolute atomic E-state index is 0.0777. The van der Waals surface area contributed by atoms with Crippen LogP contribution in [0.1, 0.15) is 98.6 Å². The molecule has 1 aromatic rings. The molecule has 3 aliphatic heterocycles. The maximum atomic E-state index is 14.5. The van der Waals surface area contributed by atoms with E-state index >= 15 is 0 Å². The Labute approximate surface area is 399 Å². The van der Waals surface area contributed by atoms with Gasteiger partial charge in [-0.2, -0.15) is 0 Å². The quantitative estimate of drug-likeness (QED) is 0.0729. The predicted octanol–water partition coefficient (Wildman–Crippen LogP) is 3.54. The molecule has 20 heteroatoms. The van der Waals surface area contributed by atoms with E-state index in [1.54, 1.807) is 40.9 Å². The Hall–Kier alpha value is -5.34. The molecule has 8 atom stereocenters. The lowest BCUT2D eigenvalue weighted by atomic mass is 9.50. The smallest absolute Gasteiger partial charge is 0.414 e. The van der Waals surface area contributed by atoms with Crippen molar-refractivity contribution < 1.29 is 56.4 Å². The highest BCUT2D eigenvalue weighted by molar-refractivity contribution is 7.93. The summed E-state index contributed by atoms with van der Waals surface area (Å²) >= 11 is 0. The number of rotatable bonds is 15. The van der Waals surface area contributed by atoms with E-state index in [2.05, 4.69) is 10.2 Å². The Morgan fingerprint density at radius 1 is 1.12 bits per heavy atom. The Bertz CT molecular complexity index is 2500. The highest BCUT2D eigenvalue weighted by atomic mass is 32.2. The SMILES string of the molecule is COc1ccc2c3c1O[C@H]1C(OC(=O)N(C)CCNC(=O)[C@@H](CCCN(C(=N)N)S(=O)(=O)C4=C(C)C(C)=C5OC(C)(C)CC5C4C)C(C(N)=O)C(=O)OC(C)(C)C)=CC[C@@]4(O)[C@@H](C2)N(C)CC[C@]314. The number of likely N-dealkylation sites (N-methyl/N-ethyl adjacent to an activating group) is 2. The van der Waals surface area contributed by atoms with Crippen LogP contribution in [0.25, 0.3) is 0 Å². The zero-order valence-corrected chi connectivity index (χ0v) is 41.9. The van der Waals surface area contributed by atoms with Crippen LogP contribution in [0.2, 0.25) is 0 Å². The van der Waals surface area contributed by atoms with Crippen molar-refractivity contribution in [1.82, 2.24) is 19.4 Å². The van der Waals surface area contributed by atoms with Gasteiger partial charge in [0.15, 0.2) is 17.6 Å². The Kier molecular flexibility index (Phi) is 13.3. The highest BCUT2D eigenvalue weighted by Gasteiger charge is 2.72. The molecule has 374 valence electrons. The van der Waals surface area contributed by atoms with Gasteiger partial charge >= 0.3 is 12.1 Å². The normalized spacial score (nSPS) is 27.6. The van der Waals surface area contributed by atoms with Crippen LogP contribution in [0.5, 0.6) is 11.5 Å². The number of hydrogen-bond donors (Lipinski definition) is 5. The van der Waals surface area contributed by atoms with Gasteiger partial charge in [-0.25, -0.2) is 17.5 Å². The van der Waals surface area contributed by atoms with Crippen LogP contribution in [-0.2, 0) is 50.5 Å². The van der Waals surface area contributed by atoms with Gasteiger partial charge in [0.05, 0.1) is 28.9 Å². The summed E-state index contributed by atoms with van der Waals surface area (Å²) in [6.45, 7) is 14.1. The lowest BCUT2D eigenvalue weighted by Gasteiger charge is -2.61. The van der Waals surface area contributed by atoms with Gasteiger partial charge in [-0.1, -0.05) is 13.0 Å². The molecule has 3 unspecified atom stereocenters. The molecule has 2 saturated heterocycles. The molecule has 3 aliphatic carbocycles. The molecule has 19 nitrogen and oxygen atoms in total. The third-order valence-electron chi connectivity index (χ3n) is 15.0. The molecule has 3 amide bonds. The summed E-state index contributed by atoms with van der Waals surface area (Å²) in [7, 11) is 0.644. The Balaban J connectivity index is 1.05. The first-order valence-corrected chi connectivity index (χ1v) is 24.8. The van der Waals surface area contributed by atoms with Gasteiger partial charge in [0.2, 0.25) is 17.8 Å². The van der Waals surface area contributed by atoms with E-state index in [-0.39, 0.29) is 61.5 Å². The van der Waals surface area contributed by atoms with E-state index in [4.69, 9.17) is 40.6 Å². The van der Waals surface area contributed by atoms with Crippen LogP contribution in [-0.4, -0.2) is 134 Å². The number of amides is 3. The van der Waals surface area contributed by atoms with Gasteiger partial charge in [-0.05, 0) is 123 Å². The van der Waals surface area contributed by atoms with Crippen molar-refractivity contribution in [2.75, 3.05) is 47.4 Å². The lowest BCUT2D eigenvalue weighted by molar-refractivity contribution is -0.166. The minimum Gasteiger partial charge on any atom is -0.493 e. The van der Waals surface area contributed by atoms with Crippen LogP contribution in [0.15, 0.2) is 45.8 Å². The summed E-state index contributed by atoms with van der Waals surface area (Å²) < 4.78 is 59.8. The number of aliphatic hydroxyl groups is 1. The van der Waals surface area contributed by atoms with Crippen LogP contribution in [0.3, 0.4) is 0 Å². The van der Waals surface area contributed by atoms with Crippen molar-refractivity contribution in [1.29, 1.82) is 5.41 Å². The number of methoxy groups -OCH3 is 1. The number of benzene rings is 1. The fourth-order valence-electron chi connectivity index (χ4n) is 11.7. The van der Waals surface area contributed by atoms with E-state index in [0.29, 0.717) is 48.5 Å². The van der Waals surface area contributed by atoms with Gasteiger partial charge in [0, 0.05) is 56.5 Å². The van der Waals surface area contributed by atoms with E-state index in [0.717, 1.165) is 21.2 Å². The molecule has 1 aromatic carbocycles. The van der Waals surface area contributed by atoms with Gasteiger partial charge in [-0.15, -0.1) is 0 Å². The number of carbonyl (C=O) groups excluding carboxylic acids is 4. The second kappa shape index (κ2) is 17.9. The maximum absolute atomic E-state index is 14.5. The second-order valence-corrected chi connectivity index (χ2v) is 22.8. The molecule has 2 fully saturated rings. The first-order valence-electron chi connectivity index (χ1n) is 23.3. The molecule has 0 saturated carbocycles. The van der Waals surface area contributed by atoms with Gasteiger partial charge < -0.3 is 55.4 Å². The number of esters is 1. The maximum Gasteiger partial charge on any atom is 0.414 e. The molecule has 6 aliphatic rings. The predicted molar refractivity (Wildman–Crippen MR) is 250 cm³/mol. The number of primary amides is 1. The molecule has 0 radical (unpaired) electrons. The van der Waals surface area contributed by atoms with Gasteiger partial charge in [-0.3, -0.25) is 19.8 Å². The standard InChI is InChI=1S/C48H69N7O12S/c1-25-26(2)38(27(3)30-24-46(7,8)66-36(25)30)68(61,62)55(43(50)51)20-12-13-29(34(40(49)56)42(58)67-45(4,5)6)41(57)52-19-22-54(10)44(59)64-32-16-17-48(60)33-23-28-14-15-31(63-11)37-35(28)47(48,39(32)65-37)18-21-53(33)9/h14-16,27,29-30,33-34,39,60H,12-13,17-24H2,1-11H3,(H2,49,56)(H3,50,51)(H,52,57)/t27?,29-,30?,33+,34?,39-,47-,48+/m0/s1. The van der Waals surface area contributed by atoms with Crippen molar-refractivity contribution in [3.63, 3.8) is 0 Å². The molecule has 0 aromatic heterocycles. The van der Waals surface area contributed by atoms with Crippen molar-refractivity contribution in [2.45, 2.75) is 128 Å². The van der Waals surface area contributed by atoms with Crippen LogP contribution < -0.4 is 26.3 Å². The summed E-state index contributed by atoms with van der Waals surface area (Å²) in [5.41, 5.74) is 11.2. The van der Waals surface area contributed by atoms with Crippen molar-refractivity contribution >= 4 is 39.9 Å². The Morgan fingerprint density at radius 3 is 2.44 bits per heavy atom. The number of sulfonamides is 1. The number of carbonyl (C=O) groups is 4. The first-order chi connectivity index (χ1) is 31.6. The van der Waals surface area contributed by atoms with Gasteiger partial charge in [0.25, 0.3) is 10.0 Å². The number of nitrogens with one attached hydrogen (secondary N) is 2. The summed E-state index contributed by atoms with van der Waals surface area (Å²) in [5, 5.41) is 23.6. The monoisotopic (exact) mass is 967 g/mol. The number of guanidine groups is 1. The van der Waals surface area contributed by atoms with Gasteiger partial charge in [0.1, 0.15) is 28.6 Å². The topological polar surface area (TPSA) is 266 Å². The van der Waals surface area contributed by atoms with E-state index in [9.17, 15) is 32.7 Å². The van der Waals surface area contributed by atoms with Crippen LogP contribution in [0, 0.1) is 29.1 Å². The van der Waals surface area contributed by atoms with Crippen molar-refractivity contribution in [2.24, 2.45) is 35.1 Å². The van der Waals surface area contributed by atoms with E-state index in [1.165, 1.54) is 11.9 Å². The summed E-state index contributed by atoms with van der Waals surface area (Å²) in [6.07, 6.45) is 1.75. The van der Waals surface area contributed by atoms with Crippen LogP contribution in [0.4, 0.5) is 4.79 Å². The molecule has 7 rings (SSSR count). The molecular weight excluding hydrogens is 899 g/mol. The number of nitrogens with two attached hydrogens (primary N) is 2. The van der Waals surface area contributed by atoms with Crippen LogP contribution >= 0.6 is 0 Å². The molecular formula is C48H69N7O12S. The number of nitrogens with zero attached hydrogens (tertiary/aromatic N) is 3.